The standard InChI is InChI=1S/C11H15NO2S/c13-4-1-10-8-14-11(12-10)7-9-2-5-15-6-3-9/h4,8-9H,1-3,5-7H2. The van der Waals surface area contributed by atoms with Gasteiger partial charge in [-0.05, 0) is 30.3 Å². The smallest absolute Gasteiger partial charge is 0.194 e. The Balaban J connectivity index is 1.88. The van der Waals surface area contributed by atoms with Crippen LogP contribution in [0, 0.1) is 5.92 Å². The van der Waals surface area contributed by atoms with Crippen LogP contribution in [0.1, 0.15) is 24.4 Å². The molecule has 0 amide bonds. The molecule has 0 aliphatic carbocycles. The van der Waals surface area contributed by atoms with Gasteiger partial charge < -0.3 is 9.21 Å². The number of carbonyl (C=O) groups excluding carboxylic acids is 1. The second kappa shape index (κ2) is 5.35. The Labute approximate surface area is 93.6 Å². The summed E-state index contributed by atoms with van der Waals surface area (Å²) in [6.07, 6.45) is 6.27. The number of carbonyl (C=O) groups is 1. The zero-order valence-electron chi connectivity index (χ0n) is 8.65. The second-order valence-electron chi connectivity index (χ2n) is 3.86. The maximum Gasteiger partial charge on any atom is 0.194 e. The highest BCUT2D eigenvalue weighted by molar-refractivity contribution is 7.99. The Morgan fingerprint density at radius 3 is 3.07 bits per heavy atom. The van der Waals surface area contributed by atoms with Gasteiger partial charge in [0.05, 0.1) is 5.69 Å². The predicted octanol–water partition coefficient (Wildman–Crippen LogP) is 2.10. The van der Waals surface area contributed by atoms with Crippen molar-refractivity contribution in [3.8, 4) is 0 Å². The average molecular weight is 225 g/mol. The third kappa shape index (κ3) is 3.09. The van der Waals surface area contributed by atoms with Gasteiger partial charge in [-0.25, -0.2) is 4.98 Å². The van der Waals surface area contributed by atoms with Crippen LogP contribution in [0.2, 0.25) is 0 Å². The molecule has 0 aromatic carbocycles. The molecule has 0 saturated carbocycles. The van der Waals surface area contributed by atoms with Gasteiger partial charge in [-0.15, -0.1) is 0 Å². The lowest BCUT2D eigenvalue weighted by atomic mass is 9.99. The molecule has 3 nitrogen and oxygen atoms in total. The SMILES string of the molecule is O=CCc1coc(CC2CCSCC2)n1. The Hall–Kier alpha value is -0.770. The van der Waals surface area contributed by atoms with Gasteiger partial charge in [-0.3, -0.25) is 0 Å². The second-order valence-corrected chi connectivity index (χ2v) is 5.09. The minimum absolute atomic E-state index is 0.365. The number of hydrogen-bond acceptors (Lipinski definition) is 4. The van der Waals surface area contributed by atoms with E-state index >= 15 is 0 Å². The number of nitrogens with zero attached hydrogens (tertiary/aromatic N) is 1. The Morgan fingerprint density at radius 1 is 1.53 bits per heavy atom. The van der Waals surface area contributed by atoms with Crippen molar-refractivity contribution in [2.45, 2.75) is 25.7 Å². The summed E-state index contributed by atoms with van der Waals surface area (Å²) >= 11 is 2.03. The number of aromatic nitrogens is 1. The van der Waals surface area contributed by atoms with E-state index < -0.39 is 0 Å². The van der Waals surface area contributed by atoms with Crippen LogP contribution in [0.5, 0.6) is 0 Å². The molecule has 1 aliphatic heterocycles. The van der Waals surface area contributed by atoms with E-state index in [1.54, 1.807) is 6.26 Å². The fourth-order valence-electron chi connectivity index (χ4n) is 1.82. The minimum Gasteiger partial charge on any atom is -0.449 e. The van der Waals surface area contributed by atoms with Crippen LogP contribution in [0.3, 0.4) is 0 Å². The first-order valence-corrected chi connectivity index (χ1v) is 6.48. The molecule has 1 aromatic heterocycles. The summed E-state index contributed by atoms with van der Waals surface area (Å²) in [7, 11) is 0. The van der Waals surface area contributed by atoms with Crippen molar-refractivity contribution in [1.82, 2.24) is 4.98 Å². The van der Waals surface area contributed by atoms with Crippen molar-refractivity contribution < 1.29 is 9.21 Å². The molecular formula is C11H15NO2S. The summed E-state index contributed by atoms with van der Waals surface area (Å²) < 4.78 is 5.34. The fourth-order valence-corrected chi connectivity index (χ4v) is 3.02. The Bertz CT molecular complexity index is 318. The maximum atomic E-state index is 10.3. The number of hydrogen-bond donors (Lipinski definition) is 0. The van der Waals surface area contributed by atoms with Crippen LogP contribution in [-0.2, 0) is 17.6 Å². The van der Waals surface area contributed by atoms with Gasteiger partial charge in [0, 0.05) is 12.8 Å². The monoisotopic (exact) mass is 225 g/mol. The van der Waals surface area contributed by atoms with Gasteiger partial charge in [0.25, 0.3) is 0 Å². The Kier molecular flexibility index (Phi) is 3.83. The summed E-state index contributed by atoms with van der Waals surface area (Å²) in [6.45, 7) is 0. The lowest BCUT2D eigenvalue weighted by Gasteiger charge is -2.19. The third-order valence-corrected chi connectivity index (χ3v) is 3.74. The third-order valence-electron chi connectivity index (χ3n) is 2.70. The highest BCUT2D eigenvalue weighted by Gasteiger charge is 2.16. The number of rotatable bonds is 4. The number of aldehydes is 1. The van der Waals surface area contributed by atoms with Crippen molar-refractivity contribution in [3.63, 3.8) is 0 Å². The van der Waals surface area contributed by atoms with Gasteiger partial charge in [0.1, 0.15) is 12.5 Å². The summed E-state index contributed by atoms with van der Waals surface area (Å²) in [4.78, 5) is 14.6. The van der Waals surface area contributed by atoms with E-state index in [0.29, 0.717) is 12.3 Å². The lowest BCUT2D eigenvalue weighted by molar-refractivity contribution is -0.107. The first kappa shape index (κ1) is 10.7. The molecule has 2 rings (SSSR count). The first-order valence-electron chi connectivity index (χ1n) is 5.33. The normalized spacial score (nSPS) is 17.9. The maximum absolute atomic E-state index is 10.3. The summed E-state index contributed by atoms with van der Waals surface area (Å²) in [5, 5.41) is 0. The average Bonchev–Trinajstić information content (AvgIpc) is 2.68. The number of oxazole rings is 1. The van der Waals surface area contributed by atoms with Crippen LogP contribution in [0.25, 0.3) is 0 Å². The molecule has 0 radical (unpaired) electrons. The van der Waals surface area contributed by atoms with Gasteiger partial charge in [-0.2, -0.15) is 11.8 Å². The van der Waals surface area contributed by atoms with Crippen LogP contribution in [0.4, 0.5) is 0 Å². The molecule has 0 unspecified atom stereocenters. The van der Waals surface area contributed by atoms with Crippen molar-refractivity contribution in [2.24, 2.45) is 5.92 Å². The zero-order valence-corrected chi connectivity index (χ0v) is 9.46. The Morgan fingerprint density at radius 2 is 2.33 bits per heavy atom. The molecule has 1 saturated heterocycles. The largest absolute Gasteiger partial charge is 0.449 e. The quantitative estimate of drug-likeness (QED) is 0.736. The zero-order chi connectivity index (χ0) is 10.5. The molecule has 0 bridgehead atoms. The van der Waals surface area contributed by atoms with E-state index in [0.717, 1.165) is 24.3 Å². The molecular weight excluding hydrogens is 210 g/mol. The van der Waals surface area contributed by atoms with Crippen molar-refractivity contribution >= 4 is 18.0 Å². The summed E-state index contributed by atoms with van der Waals surface area (Å²) in [6, 6.07) is 0. The van der Waals surface area contributed by atoms with Crippen molar-refractivity contribution in [3.05, 3.63) is 17.8 Å². The molecule has 1 aromatic rings. The molecule has 0 spiro atoms. The summed E-state index contributed by atoms with van der Waals surface area (Å²) in [5.41, 5.74) is 0.755. The molecule has 1 aliphatic rings. The van der Waals surface area contributed by atoms with Crippen LogP contribution in [-0.4, -0.2) is 22.8 Å². The lowest BCUT2D eigenvalue weighted by Crippen LogP contribution is -2.12. The molecule has 82 valence electrons. The molecule has 0 atom stereocenters. The highest BCUT2D eigenvalue weighted by Crippen LogP contribution is 2.25. The molecule has 15 heavy (non-hydrogen) atoms. The first-order chi connectivity index (χ1) is 7.38. The minimum atomic E-state index is 0.365. The van der Waals surface area contributed by atoms with Crippen molar-refractivity contribution in [2.75, 3.05) is 11.5 Å². The molecule has 4 heteroatoms. The van der Waals surface area contributed by atoms with E-state index in [2.05, 4.69) is 4.98 Å². The van der Waals surface area contributed by atoms with E-state index in [-0.39, 0.29) is 0 Å². The van der Waals surface area contributed by atoms with Crippen LogP contribution >= 0.6 is 11.8 Å². The molecule has 1 fully saturated rings. The van der Waals surface area contributed by atoms with E-state index in [4.69, 9.17) is 4.42 Å². The van der Waals surface area contributed by atoms with E-state index in [9.17, 15) is 4.79 Å². The number of thioether (sulfide) groups is 1. The van der Waals surface area contributed by atoms with Crippen molar-refractivity contribution in [1.29, 1.82) is 0 Å². The molecule has 0 N–H and O–H groups in total. The van der Waals surface area contributed by atoms with E-state index in [1.807, 2.05) is 11.8 Å². The van der Waals surface area contributed by atoms with E-state index in [1.165, 1.54) is 24.3 Å². The highest BCUT2D eigenvalue weighted by atomic mass is 32.2. The van der Waals surface area contributed by atoms with Gasteiger partial charge in [0.2, 0.25) is 0 Å². The van der Waals surface area contributed by atoms with Gasteiger partial charge in [-0.1, -0.05) is 0 Å². The topological polar surface area (TPSA) is 43.1 Å². The van der Waals surface area contributed by atoms with Crippen LogP contribution < -0.4 is 0 Å². The van der Waals surface area contributed by atoms with Crippen LogP contribution in [0.15, 0.2) is 10.7 Å². The van der Waals surface area contributed by atoms with Gasteiger partial charge >= 0.3 is 0 Å². The fraction of sp³-hybridized carbons (Fsp3) is 0.636. The van der Waals surface area contributed by atoms with Gasteiger partial charge in [0.15, 0.2) is 5.89 Å². The summed E-state index contributed by atoms with van der Waals surface area (Å²) in [5.74, 6) is 4.02. The molecule has 2 heterocycles. The predicted molar refractivity (Wildman–Crippen MR) is 60.0 cm³/mol.